The minimum Gasteiger partial charge on any atom is -0.489 e. The SMILES string of the molecule is OCC/N=C/c1ccc(OCc2ccc(OC(F)(F)F)c(Cl)c2)cc1. The van der Waals surface area contributed by atoms with Crippen molar-refractivity contribution in [1.29, 1.82) is 0 Å². The maximum absolute atomic E-state index is 12.2. The van der Waals surface area contributed by atoms with Crippen LogP contribution in [0.2, 0.25) is 5.02 Å². The molecule has 8 heteroatoms. The molecule has 0 amide bonds. The van der Waals surface area contributed by atoms with Crippen LogP contribution in [0.5, 0.6) is 11.5 Å². The number of nitrogens with zero attached hydrogens (tertiary/aromatic N) is 1. The number of aliphatic hydroxyl groups is 1. The highest BCUT2D eigenvalue weighted by Gasteiger charge is 2.32. The summed E-state index contributed by atoms with van der Waals surface area (Å²) in [5, 5.41) is 8.51. The largest absolute Gasteiger partial charge is 0.573 e. The molecule has 0 radical (unpaired) electrons. The fourth-order valence-electron chi connectivity index (χ4n) is 1.89. The van der Waals surface area contributed by atoms with Crippen LogP contribution < -0.4 is 9.47 Å². The highest BCUT2D eigenvalue weighted by molar-refractivity contribution is 6.32. The van der Waals surface area contributed by atoms with Gasteiger partial charge in [-0.1, -0.05) is 17.7 Å². The van der Waals surface area contributed by atoms with Gasteiger partial charge in [-0.25, -0.2) is 0 Å². The van der Waals surface area contributed by atoms with Gasteiger partial charge in [0.25, 0.3) is 0 Å². The minimum atomic E-state index is -4.79. The molecule has 0 saturated heterocycles. The molecule has 0 bridgehead atoms. The van der Waals surface area contributed by atoms with Crippen molar-refractivity contribution in [2.75, 3.05) is 13.2 Å². The topological polar surface area (TPSA) is 51.1 Å². The Kier molecular flexibility index (Phi) is 6.66. The smallest absolute Gasteiger partial charge is 0.489 e. The first-order chi connectivity index (χ1) is 11.9. The molecule has 0 saturated carbocycles. The molecule has 0 heterocycles. The quantitative estimate of drug-likeness (QED) is 0.739. The Balaban J connectivity index is 1.93. The number of alkyl halides is 3. The highest BCUT2D eigenvalue weighted by atomic mass is 35.5. The first-order valence-electron chi connectivity index (χ1n) is 7.25. The van der Waals surface area contributed by atoms with Gasteiger partial charge in [-0.2, -0.15) is 0 Å². The lowest BCUT2D eigenvalue weighted by atomic mass is 10.2. The fourth-order valence-corrected chi connectivity index (χ4v) is 2.13. The molecule has 0 aliphatic rings. The van der Waals surface area contributed by atoms with Gasteiger partial charge in [0.2, 0.25) is 0 Å². The van der Waals surface area contributed by atoms with E-state index in [1.165, 1.54) is 12.1 Å². The number of ether oxygens (including phenoxy) is 2. The number of halogens is 4. The van der Waals surface area contributed by atoms with Crippen molar-refractivity contribution in [3.63, 3.8) is 0 Å². The molecule has 0 aliphatic carbocycles. The van der Waals surface area contributed by atoms with Crippen LogP contribution >= 0.6 is 11.6 Å². The number of benzene rings is 2. The molecule has 0 aliphatic heterocycles. The number of rotatable bonds is 7. The van der Waals surface area contributed by atoms with Crippen LogP contribution in [-0.2, 0) is 6.61 Å². The summed E-state index contributed by atoms with van der Waals surface area (Å²) in [6.45, 7) is 0.476. The molecule has 0 aromatic heterocycles. The summed E-state index contributed by atoms with van der Waals surface area (Å²) in [6, 6.07) is 11.0. The molecular weight excluding hydrogens is 359 g/mol. The maximum Gasteiger partial charge on any atom is 0.573 e. The van der Waals surface area contributed by atoms with Crippen molar-refractivity contribution in [2.24, 2.45) is 4.99 Å². The number of aliphatic hydroxyl groups excluding tert-OH is 1. The van der Waals surface area contributed by atoms with Gasteiger partial charge < -0.3 is 14.6 Å². The standard InChI is InChI=1S/C17H15ClF3NO3/c18-15-9-13(3-6-16(15)25-17(19,20)21)11-24-14-4-1-12(2-5-14)10-22-7-8-23/h1-6,9-10,23H,7-8,11H2/b22-10+. The van der Waals surface area contributed by atoms with E-state index in [1.807, 2.05) is 0 Å². The Morgan fingerprint density at radius 1 is 1.12 bits per heavy atom. The van der Waals surface area contributed by atoms with Crippen LogP contribution in [0.1, 0.15) is 11.1 Å². The van der Waals surface area contributed by atoms with Gasteiger partial charge in [0.1, 0.15) is 18.1 Å². The third kappa shape index (κ3) is 6.64. The van der Waals surface area contributed by atoms with Crippen molar-refractivity contribution in [2.45, 2.75) is 13.0 Å². The van der Waals surface area contributed by atoms with Gasteiger partial charge in [-0.15, -0.1) is 13.2 Å². The van der Waals surface area contributed by atoms with Gasteiger partial charge in [-0.05, 0) is 47.5 Å². The Hall–Kier alpha value is -2.25. The van der Waals surface area contributed by atoms with Crippen molar-refractivity contribution in [1.82, 2.24) is 0 Å². The first kappa shape index (κ1) is 19.1. The molecule has 1 N–H and O–H groups in total. The Morgan fingerprint density at radius 3 is 2.44 bits per heavy atom. The van der Waals surface area contributed by atoms with E-state index in [0.29, 0.717) is 17.9 Å². The summed E-state index contributed by atoms with van der Waals surface area (Å²) >= 11 is 5.79. The summed E-state index contributed by atoms with van der Waals surface area (Å²) < 4.78 is 45.9. The molecule has 25 heavy (non-hydrogen) atoms. The van der Waals surface area contributed by atoms with E-state index in [1.54, 1.807) is 30.5 Å². The summed E-state index contributed by atoms with van der Waals surface area (Å²) in [5.74, 6) is 0.135. The molecule has 134 valence electrons. The molecule has 0 fully saturated rings. The van der Waals surface area contributed by atoms with E-state index in [2.05, 4.69) is 9.73 Å². The normalized spacial score (nSPS) is 11.7. The second-order valence-electron chi connectivity index (χ2n) is 4.93. The van der Waals surface area contributed by atoms with Gasteiger partial charge in [0, 0.05) is 6.21 Å². The van der Waals surface area contributed by atoms with E-state index in [4.69, 9.17) is 21.4 Å². The van der Waals surface area contributed by atoms with Crippen LogP contribution in [0.4, 0.5) is 13.2 Å². The van der Waals surface area contributed by atoms with Crippen molar-refractivity contribution < 1.29 is 27.8 Å². The van der Waals surface area contributed by atoms with Crippen LogP contribution in [0.3, 0.4) is 0 Å². The second-order valence-corrected chi connectivity index (χ2v) is 5.34. The highest BCUT2D eigenvalue weighted by Crippen LogP contribution is 2.31. The average Bonchev–Trinajstić information content (AvgIpc) is 2.55. The van der Waals surface area contributed by atoms with Gasteiger partial charge in [0.05, 0.1) is 18.2 Å². The van der Waals surface area contributed by atoms with E-state index in [0.717, 1.165) is 11.6 Å². The number of hydrogen-bond donors (Lipinski definition) is 1. The molecule has 4 nitrogen and oxygen atoms in total. The number of aliphatic imine (C=N–C) groups is 1. The van der Waals surface area contributed by atoms with Gasteiger partial charge in [0.15, 0.2) is 0 Å². The maximum atomic E-state index is 12.2. The lowest BCUT2D eigenvalue weighted by Crippen LogP contribution is -2.17. The van der Waals surface area contributed by atoms with Crippen molar-refractivity contribution in [3.05, 3.63) is 58.6 Å². The minimum absolute atomic E-state index is 0.00689. The fraction of sp³-hybridized carbons (Fsp3) is 0.235. The van der Waals surface area contributed by atoms with E-state index in [-0.39, 0.29) is 18.2 Å². The second kappa shape index (κ2) is 8.73. The van der Waals surface area contributed by atoms with Crippen LogP contribution in [-0.4, -0.2) is 30.8 Å². The van der Waals surface area contributed by atoms with E-state index < -0.39 is 12.1 Å². The van der Waals surface area contributed by atoms with Crippen molar-refractivity contribution >= 4 is 17.8 Å². The Labute approximate surface area is 147 Å². The Morgan fingerprint density at radius 2 is 1.84 bits per heavy atom. The van der Waals surface area contributed by atoms with Crippen LogP contribution in [0, 0.1) is 0 Å². The van der Waals surface area contributed by atoms with Gasteiger partial charge >= 0.3 is 6.36 Å². The summed E-state index contributed by atoms with van der Waals surface area (Å²) in [6.07, 6.45) is -3.15. The summed E-state index contributed by atoms with van der Waals surface area (Å²) in [7, 11) is 0. The first-order valence-corrected chi connectivity index (χ1v) is 7.63. The molecule has 0 spiro atoms. The van der Waals surface area contributed by atoms with Crippen LogP contribution in [0.25, 0.3) is 0 Å². The molecule has 0 atom stereocenters. The third-order valence-corrected chi connectivity index (χ3v) is 3.27. The predicted molar refractivity (Wildman–Crippen MR) is 88.5 cm³/mol. The summed E-state index contributed by atoms with van der Waals surface area (Å²) in [5.41, 5.74) is 1.46. The van der Waals surface area contributed by atoms with Crippen LogP contribution in [0.15, 0.2) is 47.5 Å². The predicted octanol–water partition coefficient (Wildman–Crippen LogP) is 4.23. The van der Waals surface area contributed by atoms with Gasteiger partial charge in [-0.3, -0.25) is 4.99 Å². The zero-order valence-corrected chi connectivity index (χ0v) is 13.7. The summed E-state index contributed by atoms with van der Waals surface area (Å²) in [4.78, 5) is 4.00. The molecule has 2 rings (SSSR count). The monoisotopic (exact) mass is 373 g/mol. The molecular formula is C17H15ClF3NO3. The molecule has 0 unspecified atom stereocenters. The number of hydrogen-bond acceptors (Lipinski definition) is 4. The van der Waals surface area contributed by atoms with Crippen molar-refractivity contribution in [3.8, 4) is 11.5 Å². The lowest BCUT2D eigenvalue weighted by Gasteiger charge is -2.12. The average molecular weight is 374 g/mol. The Bertz CT molecular complexity index is 718. The molecule has 2 aromatic carbocycles. The van der Waals surface area contributed by atoms with E-state index >= 15 is 0 Å². The third-order valence-electron chi connectivity index (χ3n) is 2.98. The molecule has 2 aromatic rings. The lowest BCUT2D eigenvalue weighted by molar-refractivity contribution is -0.274. The van der Waals surface area contributed by atoms with E-state index in [9.17, 15) is 13.2 Å². The zero-order chi connectivity index (χ0) is 18.3. The zero-order valence-electron chi connectivity index (χ0n) is 13.0.